The fourth-order valence-electron chi connectivity index (χ4n) is 2.93. The highest BCUT2D eigenvalue weighted by molar-refractivity contribution is 5.83. The minimum atomic E-state index is -0.548. The lowest BCUT2D eigenvalue weighted by Gasteiger charge is -2.08. The van der Waals surface area contributed by atoms with E-state index in [4.69, 9.17) is 13.9 Å². The molecule has 0 amide bonds. The highest BCUT2D eigenvalue weighted by Gasteiger charge is 2.10. The van der Waals surface area contributed by atoms with Gasteiger partial charge in [-0.25, -0.2) is 14.0 Å². The molecule has 30 heavy (non-hydrogen) atoms. The lowest BCUT2D eigenvalue weighted by molar-refractivity contribution is -0.147. The number of ether oxygens (including phenoxy) is 2. The molecule has 0 unspecified atom stereocenters. The summed E-state index contributed by atoms with van der Waals surface area (Å²) in [4.78, 5) is 24.2. The molecule has 4 rings (SSSR count). The average molecular weight is 404 g/mol. The van der Waals surface area contributed by atoms with Crippen molar-refractivity contribution in [3.05, 3.63) is 101 Å². The number of halogens is 1. The van der Waals surface area contributed by atoms with Crippen LogP contribution in [0.15, 0.2) is 88.1 Å². The Bertz CT molecular complexity index is 1230. The second kappa shape index (κ2) is 8.61. The summed E-state index contributed by atoms with van der Waals surface area (Å²) in [6.07, 6.45) is 0. The first-order valence-corrected chi connectivity index (χ1v) is 9.25. The zero-order chi connectivity index (χ0) is 20.9. The summed E-state index contributed by atoms with van der Waals surface area (Å²) in [7, 11) is 0. The van der Waals surface area contributed by atoms with Crippen LogP contribution in [0.4, 0.5) is 4.39 Å². The summed E-state index contributed by atoms with van der Waals surface area (Å²) >= 11 is 0. The molecule has 0 N–H and O–H groups in total. The molecule has 150 valence electrons. The van der Waals surface area contributed by atoms with Gasteiger partial charge in [0.05, 0.1) is 5.56 Å². The van der Waals surface area contributed by atoms with Crippen LogP contribution in [0.25, 0.3) is 22.1 Å². The van der Waals surface area contributed by atoms with E-state index in [0.717, 1.165) is 5.56 Å². The average Bonchev–Trinajstić information content (AvgIpc) is 2.77. The van der Waals surface area contributed by atoms with Gasteiger partial charge in [0.1, 0.15) is 23.8 Å². The van der Waals surface area contributed by atoms with Gasteiger partial charge in [-0.15, -0.1) is 0 Å². The third-order valence-corrected chi connectivity index (χ3v) is 4.46. The lowest BCUT2D eigenvalue weighted by atomic mass is 10.1. The van der Waals surface area contributed by atoms with E-state index in [1.165, 1.54) is 30.3 Å². The Labute approximate surface area is 171 Å². The van der Waals surface area contributed by atoms with Crippen molar-refractivity contribution in [2.45, 2.75) is 6.61 Å². The van der Waals surface area contributed by atoms with Crippen LogP contribution in [0.5, 0.6) is 5.75 Å². The zero-order valence-electron chi connectivity index (χ0n) is 15.8. The largest absolute Gasteiger partial charge is 0.482 e. The van der Waals surface area contributed by atoms with E-state index in [9.17, 15) is 14.0 Å². The molecule has 6 heteroatoms. The van der Waals surface area contributed by atoms with Gasteiger partial charge in [0.15, 0.2) is 6.61 Å². The van der Waals surface area contributed by atoms with Crippen LogP contribution in [-0.2, 0) is 16.1 Å². The van der Waals surface area contributed by atoms with Crippen molar-refractivity contribution in [1.29, 1.82) is 0 Å². The number of fused-ring (bicyclic) bond motifs is 1. The SMILES string of the molecule is O=C(COc1ccc2cc(-c3ccc(F)cc3)c(=O)oc2c1)OCc1ccccc1. The number of hydrogen-bond donors (Lipinski definition) is 0. The highest BCUT2D eigenvalue weighted by atomic mass is 19.1. The number of rotatable bonds is 6. The molecule has 0 aliphatic carbocycles. The van der Waals surface area contributed by atoms with Crippen molar-refractivity contribution in [2.24, 2.45) is 0 Å². The first kappa shape index (κ1) is 19.4. The summed E-state index contributed by atoms with van der Waals surface area (Å²) in [5.74, 6) is -0.517. The van der Waals surface area contributed by atoms with Crippen molar-refractivity contribution >= 4 is 16.9 Å². The maximum Gasteiger partial charge on any atom is 0.344 e. The quantitative estimate of drug-likeness (QED) is 0.344. The highest BCUT2D eigenvalue weighted by Crippen LogP contribution is 2.24. The van der Waals surface area contributed by atoms with Crippen LogP contribution in [0.3, 0.4) is 0 Å². The van der Waals surface area contributed by atoms with Crippen LogP contribution < -0.4 is 10.4 Å². The Balaban J connectivity index is 1.44. The van der Waals surface area contributed by atoms with Crippen molar-refractivity contribution in [3.63, 3.8) is 0 Å². The molecule has 0 saturated carbocycles. The molecule has 4 aromatic rings. The molecule has 5 nitrogen and oxygen atoms in total. The maximum atomic E-state index is 13.1. The molecule has 0 aliphatic heterocycles. The van der Waals surface area contributed by atoms with Gasteiger partial charge in [-0.1, -0.05) is 42.5 Å². The Morgan fingerprint density at radius 1 is 0.933 bits per heavy atom. The van der Waals surface area contributed by atoms with Crippen molar-refractivity contribution in [3.8, 4) is 16.9 Å². The monoisotopic (exact) mass is 404 g/mol. The predicted molar refractivity (Wildman–Crippen MR) is 110 cm³/mol. The summed E-state index contributed by atoms with van der Waals surface area (Å²) in [5.41, 5.74) is 1.55. The molecule has 0 saturated heterocycles. The van der Waals surface area contributed by atoms with Gasteiger partial charge in [-0.3, -0.25) is 0 Å². The molecule has 0 fully saturated rings. The van der Waals surface area contributed by atoms with Gasteiger partial charge in [0.25, 0.3) is 0 Å². The molecule has 0 bridgehead atoms. The standard InChI is InChI=1S/C24H17FO5/c25-19-9-6-17(7-10-19)21-12-18-8-11-20(13-22(18)30-24(21)27)28-15-23(26)29-14-16-4-2-1-3-5-16/h1-13H,14-15H2. The van der Waals surface area contributed by atoms with E-state index >= 15 is 0 Å². The van der Waals surface area contributed by atoms with Crippen molar-refractivity contribution in [1.82, 2.24) is 0 Å². The predicted octanol–water partition coefficient (Wildman–Crippen LogP) is 4.72. The molecule has 3 aromatic carbocycles. The Morgan fingerprint density at radius 3 is 2.47 bits per heavy atom. The number of carbonyl (C=O) groups is 1. The van der Waals surface area contributed by atoms with Crippen LogP contribution in [-0.4, -0.2) is 12.6 Å². The summed E-state index contributed by atoms with van der Waals surface area (Å²) in [6.45, 7) is -0.0992. The Kier molecular flexibility index (Phi) is 5.57. The number of carbonyl (C=O) groups excluding carboxylic acids is 1. The fraction of sp³-hybridized carbons (Fsp3) is 0.0833. The van der Waals surface area contributed by atoms with E-state index in [0.29, 0.717) is 27.8 Å². The molecule has 1 aromatic heterocycles. The maximum absolute atomic E-state index is 13.1. The topological polar surface area (TPSA) is 65.7 Å². The van der Waals surface area contributed by atoms with Gasteiger partial charge in [-0.2, -0.15) is 0 Å². The molecule has 0 atom stereocenters. The summed E-state index contributed by atoms with van der Waals surface area (Å²) < 4.78 is 29.1. The fourth-order valence-corrected chi connectivity index (χ4v) is 2.93. The summed E-state index contributed by atoms with van der Waals surface area (Å²) in [6, 6.07) is 21.5. The van der Waals surface area contributed by atoms with Gasteiger partial charge >= 0.3 is 11.6 Å². The molecule has 0 aliphatic rings. The van der Waals surface area contributed by atoms with Crippen LogP contribution in [0, 0.1) is 5.82 Å². The normalized spacial score (nSPS) is 10.7. The van der Waals surface area contributed by atoms with Crippen molar-refractivity contribution < 1.29 is 23.1 Å². The van der Waals surface area contributed by atoms with E-state index in [1.54, 1.807) is 18.2 Å². The minimum Gasteiger partial charge on any atom is -0.482 e. The van der Waals surface area contributed by atoms with Gasteiger partial charge in [0.2, 0.25) is 0 Å². The van der Waals surface area contributed by atoms with Crippen LogP contribution >= 0.6 is 0 Å². The Hall–Kier alpha value is -3.93. The van der Waals surface area contributed by atoms with Crippen molar-refractivity contribution in [2.75, 3.05) is 6.61 Å². The van der Waals surface area contributed by atoms with Crippen LogP contribution in [0.1, 0.15) is 5.56 Å². The molecular weight excluding hydrogens is 387 g/mol. The third-order valence-electron chi connectivity index (χ3n) is 4.46. The van der Waals surface area contributed by atoms with Gasteiger partial charge in [0, 0.05) is 11.5 Å². The smallest absolute Gasteiger partial charge is 0.344 e. The first-order chi connectivity index (χ1) is 14.6. The zero-order valence-corrected chi connectivity index (χ0v) is 15.8. The first-order valence-electron chi connectivity index (χ1n) is 9.25. The molecular formula is C24H17FO5. The molecule has 1 heterocycles. The molecule has 0 radical (unpaired) electrons. The van der Waals surface area contributed by atoms with E-state index in [1.807, 2.05) is 30.3 Å². The van der Waals surface area contributed by atoms with Gasteiger partial charge < -0.3 is 13.9 Å². The van der Waals surface area contributed by atoms with E-state index in [2.05, 4.69) is 0 Å². The van der Waals surface area contributed by atoms with Gasteiger partial charge in [-0.05, 0) is 41.5 Å². The van der Waals surface area contributed by atoms with E-state index < -0.39 is 11.6 Å². The number of benzene rings is 3. The third kappa shape index (κ3) is 4.55. The van der Waals surface area contributed by atoms with E-state index in [-0.39, 0.29) is 19.0 Å². The number of hydrogen-bond acceptors (Lipinski definition) is 5. The summed E-state index contributed by atoms with van der Waals surface area (Å²) in [5, 5.41) is 0.674. The lowest BCUT2D eigenvalue weighted by Crippen LogP contribution is -2.14. The second-order valence-electron chi connectivity index (χ2n) is 6.59. The van der Waals surface area contributed by atoms with Crippen LogP contribution in [0.2, 0.25) is 0 Å². The Morgan fingerprint density at radius 2 is 1.70 bits per heavy atom. The minimum absolute atomic E-state index is 0.168. The molecule has 0 spiro atoms. The second-order valence-corrected chi connectivity index (χ2v) is 6.59. The number of esters is 1.